The molecule has 1 heterocycles. The van der Waals surface area contributed by atoms with E-state index in [1.165, 1.54) is 91.8 Å². The maximum atomic E-state index is 2.68. The molecule has 0 aromatic heterocycles. The third-order valence-electron chi connectivity index (χ3n) is 12.7. The largest absolute Gasteiger partial charge is 0.334 e. The lowest BCUT2D eigenvalue weighted by Crippen LogP contribution is -2.56. The normalized spacial score (nSPS) is 23.9. The standard InChI is InChI=1S/C46H39N/c1-30-25-26-44(2)42-28-32(22-24-43(42)47(45(44,3)29-30)33-13-5-4-6-14-33)31-21-23-41-37(27-31)36-17-9-12-20-40(36)46(41)38-18-10-7-15-34(38)35-16-8-11-19-39(35)46/h4-24,27-28,30H,25-26,29H2,1-3H3. The molecule has 228 valence electrons. The monoisotopic (exact) mass is 605 g/mol. The third kappa shape index (κ3) is 3.30. The first-order chi connectivity index (χ1) is 22.9. The van der Waals surface area contributed by atoms with E-state index >= 15 is 0 Å². The van der Waals surface area contributed by atoms with Crippen LogP contribution in [0.15, 0.2) is 140 Å². The first kappa shape index (κ1) is 27.3. The fourth-order valence-corrected chi connectivity index (χ4v) is 10.5. The fourth-order valence-electron chi connectivity index (χ4n) is 10.5. The minimum absolute atomic E-state index is 0.0273. The molecule has 1 aliphatic heterocycles. The number of hydrogen-bond acceptors (Lipinski definition) is 1. The van der Waals surface area contributed by atoms with Crippen LogP contribution in [0.25, 0.3) is 33.4 Å². The predicted octanol–water partition coefficient (Wildman–Crippen LogP) is 11.7. The van der Waals surface area contributed by atoms with Gasteiger partial charge in [0.05, 0.1) is 11.0 Å². The molecule has 1 spiro atoms. The molecule has 47 heavy (non-hydrogen) atoms. The van der Waals surface area contributed by atoms with Crippen molar-refractivity contribution >= 4 is 11.4 Å². The minimum atomic E-state index is -0.292. The zero-order chi connectivity index (χ0) is 31.5. The molecule has 3 atom stereocenters. The highest BCUT2D eigenvalue weighted by Gasteiger charge is 2.59. The first-order valence-corrected chi connectivity index (χ1v) is 17.4. The average molecular weight is 606 g/mol. The molecule has 1 fully saturated rings. The molecule has 6 aromatic carbocycles. The summed E-state index contributed by atoms with van der Waals surface area (Å²) in [5, 5.41) is 0. The Hall–Kier alpha value is -4.88. The van der Waals surface area contributed by atoms with E-state index < -0.39 is 0 Å². The Bertz CT molecular complexity index is 2200. The maximum absolute atomic E-state index is 2.68. The number of benzene rings is 6. The van der Waals surface area contributed by atoms with Crippen molar-refractivity contribution in [1.29, 1.82) is 0 Å². The van der Waals surface area contributed by atoms with Crippen LogP contribution in [-0.2, 0) is 10.8 Å². The van der Waals surface area contributed by atoms with Gasteiger partial charge in [-0.05, 0) is 124 Å². The summed E-state index contributed by atoms with van der Waals surface area (Å²) in [5.74, 6) is 0.711. The Kier molecular flexibility index (Phi) is 5.42. The molecule has 1 heteroatoms. The van der Waals surface area contributed by atoms with Crippen LogP contribution in [0.5, 0.6) is 0 Å². The van der Waals surface area contributed by atoms with E-state index in [0.717, 1.165) is 0 Å². The lowest BCUT2D eigenvalue weighted by atomic mass is 9.59. The number of fused-ring (bicyclic) bond motifs is 13. The lowest BCUT2D eigenvalue weighted by Gasteiger charge is -2.52. The van der Waals surface area contributed by atoms with Gasteiger partial charge in [0, 0.05) is 16.8 Å². The van der Waals surface area contributed by atoms with Crippen LogP contribution in [-0.4, -0.2) is 5.54 Å². The second-order valence-electron chi connectivity index (χ2n) is 15.0. The fraction of sp³-hybridized carbons (Fsp3) is 0.217. The quantitative estimate of drug-likeness (QED) is 0.189. The van der Waals surface area contributed by atoms with Crippen molar-refractivity contribution in [3.05, 3.63) is 167 Å². The van der Waals surface area contributed by atoms with Crippen LogP contribution in [0.4, 0.5) is 11.4 Å². The first-order valence-electron chi connectivity index (χ1n) is 17.4. The van der Waals surface area contributed by atoms with Crippen molar-refractivity contribution in [2.75, 3.05) is 4.90 Å². The Labute approximate surface area is 278 Å². The van der Waals surface area contributed by atoms with Gasteiger partial charge in [0.25, 0.3) is 0 Å². The summed E-state index contributed by atoms with van der Waals surface area (Å²) >= 11 is 0. The van der Waals surface area contributed by atoms with Crippen LogP contribution >= 0.6 is 0 Å². The molecule has 0 amide bonds. The van der Waals surface area contributed by atoms with Crippen LogP contribution < -0.4 is 4.90 Å². The van der Waals surface area contributed by atoms with E-state index in [1.807, 2.05) is 0 Å². The Morgan fingerprint density at radius 1 is 0.532 bits per heavy atom. The van der Waals surface area contributed by atoms with Gasteiger partial charge in [0.15, 0.2) is 0 Å². The lowest BCUT2D eigenvalue weighted by molar-refractivity contribution is 0.154. The van der Waals surface area contributed by atoms with Crippen molar-refractivity contribution in [2.45, 2.75) is 56.4 Å². The molecule has 4 aliphatic rings. The van der Waals surface area contributed by atoms with Crippen LogP contribution in [0, 0.1) is 5.92 Å². The molecular formula is C46H39N. The average Bonchev–Trinajstić information content (AvgIpc) is 3.65. The van der Waals surface area contributed by atoms with E-state index in [0.29, 0.717) is 5.92 Å². The van der Waals surface area contributed by atoms with E-state index in [9.17, 15) is 0 Å². The molecule has 3 aliphatic carbocycles. The molecule has 0 N–H and O–H groups in total. The number of nitrogens with zero attached hydrogens (tertiary/aromatic N) is 1. The molecule has 6 aromatic rings. The number of anilines is 2. The number of para-hydroxylation sites is 1. The zero-order valence-electron chi connectivity index (χ0n) is 27.4. The molecule has 1 saturated carbocycles. The summed E-state index contributed by atoms with van der Waals surface area (Å²) in [6.45, 7) is 7.51. The summed E-state index contributed by atoms with van der Waals surface area (Å²) in [5.41, 5.74) is 17.6. The molecule has 0 saturated heterocycles. The Morgan fingerprint density at radius 3 is 1.72 bits per heavy atom. The van der Waals surface area contributed by atoms with Crippen molar-refractivity contribution in [3.8, 4) is 33.4 Å². The molecule has 1 nitrogen and oxygen atoms in total. The summed E-state index contributed by atoms with van der Waals surface area (Å²) in [4.78, 5) is 2.68. The predicted molar refractivity (Wildman–Crippen MR) is 196 cm³/mol. The van der Waals surface area contributed by atoms with E-state index in [-0.39, 0.29) is 16.4 Å². The summed E-state index contributed by atoms with van der Waals surface area (Å²) in [6.07, 6.45) is 3.69. The number of rotatable bonds is 2. The van der Waals surface area contributed by atoms with Crippen LogP contribution in [0.3, 0.4) is 0 Å². The highest BCUT2D eigenvalue weighted by molar-refractivity contribution is 5.96. The van der Waals surface area contributed by atoms with Gasteiger partial charge in [0.1, 0.15) is 0 Å². The Morgan fingerprint density at radius 2 is 1.06 bits per heavy atom. The Balaban J connectivity index is 1.17. The molecule has 10 rings (SSSR count). The number of hydrogen-bond donors (Lipinski definition) is 0. The van der Waals surface area contributed by atoms with Crippen molar-refractivity contribution in [2.24, 2.45) is 5.92 Å². The summed E-state index contributed by atoms with van der Waals surface area (Å²) in [6, 6.07) is 53.0. The molecular weight excluding hydrogens is 567 g/mol. The second kappa shape index (κ2) is 9.35. The molecule has 0 radical (unpaired) electrons. The van der Waals surface area contributed by atoms with Gasteiger partial charge in [-0.15, -0.1) is 0 Å². The smallest absolute Gasteiger partial charge is 0.0725 e. The summed E-state index contributed by atoms with van der Waals surface area (Å²) in [7, 11) is 0. The van der Waals surface area contributed by atoms with Gasteiger partial charge >= 0.3 is 0 Å². The maximum Gasteiger partial charge on any atom is 0.0725 e. The van der Waals surface area contributed by atoms with E-state index in [1.54, 1.807) is 0 Å². The van der Waals surface area contributed by atoms with Gasteiger partial charge in [-0.3, -0.25) is 0 Å². The highest BCUT2D eigenvalue weighted by Crippen LogP contribution is 2.64. The SMILES string of the molecule is CC1CCC2(C)c3cc(-c4ccc5c(c4)-c4ccccc4C54c5ccccc5-c5ccccc54)ccc3N(c3ccccc3)C2(C)C1. The summed E-state index contributed by atoms with van der Waals surface area (Å²) < 4.78 is 0. The topological polar surface area (TPSA) is 3.24 Å². The van der Waals surface area contributed by atoms with Gasteiger partial charge in [-0.1, -0.05) is 123 Å². The van der Waals surface area contributed by atoms with Crippen molar-refractivity contribution < 1.29 is 0 Å². The van der Waals surface area contributed by atoms with E-state index in [4.69, 9.17) is 0 Å². The highest BCUT2D eigenvalue weighted by atomic mass is 15.3. The van der Waals surface area contributed by atoms with Crippen LogP contribution in [0.1, 0.15) is 67.9 Å². The van der Waals surface area contributed by atoms with E-state index in [2.05, 4.69) is 165 Å². The molecule has 0 bridgehead atoms. The molecule has 3 unspecified atom stereocenters. The third-order valence-corrected chi connectivity index (χ3v) is 12.7. The zero-order valence-corrected chi connectivity index (χ0v) is 27.4. The van der Waals surface area contributed by atoms with Crippen LogP contribution in [0.2, 0.25) is 0 Å². The minimum Gasteiger partial charge on any atom is -0.334 e. The van der Waals surface area contributed by atoms with Crippen molar-refractivity contribution in [1.82, 2.24) is 0 Å². The second-order valence-corrected chi connectivity index (χ2v) is 15.0. The van der Waals surface area contributed by atoms with Gasteiger partial charge in [0.2, 0.25) is 0 Å². The van der Waals surface area contributed by atoms with Gasteiger partial charge < -0.3 is 4.90 Å². The van der Waals surface area contributed by atoms with Crippen molar-refractivity contribution in [3.63, 3.8) is 0 Å². The van der Waals surface area contributed by atoms with Gasteiger partial charge in [-0.2, -0.15) is 0 Å². The van der Waals surface area contributed by atoms with Gasteiger partial charge in [-0.25, -0.2) is 0 Å².